The molecule has 2 aromatic heterocycles. The van der Waals surface area contributed by atoms with Crippen LogP contribution in [0.4, 0.5) is 19.0 Å². The van der Waals surface area contributed by atoms with E-state index in [0.717, 1.165) is 11.6 Å². The first-order valence-corrected chi connectivity index (χ1v) is 13.7. The number of nitrogens with zero attached hydrogens (tertiary/aromatic N) is 4. The highest BCUT2D eigenvalue weighted by Gasteiger charge is 2.25. The molecule has 1 aromatic carbocycles. The van der Waals surface area contributed by atoms with E-state index in [-0.39, 0.29) is 22.9 Å². The van der Waals surface area contributed by atoms with Gasteiger partial charge in [0, 0.05) is 23.9 Å². The summed E-state index contributed by atoms with van der Waals surface area (Å²) >= 11 is 0. The number of anilines is 1. The number of hydrogen-bond acceptors (Lipinski definition) is 7. The van der Waals surface area contributed by atoms with Gasteiger partial charge in [-0.25, -0.2) is 31.7 Å². The van der Waals surface area contributed by atoms with Gasteiger partial charge in [-0.05, 0) is 25.0 Å². The number of halogens is 3. The van der Waals surface area contributed by atoms with Gasteiger partial charge in [-0.2, -0.15) is 0 Å². The maximum Gasteiger partial charge on any atom is 0.266 e. The van der Waals surface area contributed by atoms with Crippen molar-refractivity contribution in [1.82, 2.24) is 14.5 Å². The minimum Gasteiger partial charge on any atom is -0.377 e. The summed E-state index contributed by atoms with van der Waals surface area (Å²) in [5.41, 5.74) is 0.700. The number of aryl methyl sites for hydroxylation is 1. The quantitative estimate of drug-likeness (QED) is 0.509. The number of pyridine rings is 1. The zero-order chi connectivity index (χ0) is 26.3. The Kier molecular flexibility index (Phi) is 6.80. The highest BCUT2D eigenvalue weighted by Crippen LogP contribution is 2.31. The fourth-order valence-electron chi connectivity index (χ4n) is 4.55. The third-order valence-corrected chi connectivity index (χ3v) is 8.92. The zero-order valence-corrected chi connectivity index (χ0v) is 21.1. The summed E-state index contributed by atoms with van der Waals surface area (Å²) in [5, 5.41) is 3.60. The number of rotatable bonds is 6. The molecule has 4 heterocycles. The molecule has 3 aromatic rings. The smallest absolute Gasteiger partial charge is 0.266 e. The third-order valence-electron chi connectivity index (χ3n) is 6.71. The number of alkyl halides is 2. The normalized spacial score (nSPS) is 21.0. The van der Waals surface area contributed by atoms with Gasteiger partial charge in [-0.3, -0.25) is 9.36 Å². The lowest BCUT2D eigenvalue weighted by atomic mass is 10.0. The van der Waals surface area contributed by atoms with Gasteiger partial charge in [0.2, 0.25) is 0 Å². The van der Waals surface area contributed by atoms with Gasteiger partial charge in [0.05, 0.1) is 45.7 Å². The molecule has 2 atom stereocenters. The van der Waals surface area contributed by atoms with Gasteiger partial charge in [0.1, 0.15) is 29.7 Å². The second-order valence-corrected chi connectivity index (χ2v) is 11.7. The molecule has 0 radical (unpaired) electrons. The molecule has 196 valence electrons. The first kappa shape index (κ1) is 25.4. The fraction of sp³-hybridized carbons (Fsp3) is 0.400. The van der Waals surface area contributed by atoms with Gasteiger partial charge in [-0.15, -0.1) is 0 Å². The minimum absolute atomic E-state index is 0.0324. The van der Waals surface area contributed by atoms with Crippen molar-refractivity contribution >= 4 is 32.2 Å². The molecule has 0 aliphatic carbocycles. The molecule has 0 bridgehead atoms. The second kappa shape index (κ2) is 9.90. The summed E-state index contributed by atoms with van der Waals surface area (Å²) in [6.07, 6.45) is 0.581. The Morgan fingerprint density at radius 1 is 1.24 bits per heavy atom. The number of nitrogens with one attached hydrogen (secondary N) is 1. The van der Waals surface area contributed by atoms with Crippen LogP contribution in [-0.2, 0) is 21.5 Å². The predicted molar refractivity (Wildman–Crippen MR) is 136 cm³/mol. The van der Waals surface area contributed by atoms with Crippen LogP contribution in [0, 0.1) is 5.82 Å². The first-order chi connectivity index (χ1) is 17.7. The molecule has 2 aliphatic rings. The van der Waals surface area contributed by atoms with Crippen molar-refractivity contribution in [3.05, 3.63) is 69.5 Å². The summed E-state index contributed by atoms with van der Waals surface area (Å²) in [6.45, 7) is 2.62. The molecule has 0 spiro atoms. The molecular weight excluding hydrogens is 507 g/mol. The molecule has 12 heteroatoms. The van der Waals surface area contributed by atoms with Crippen LogP contribution in [0.2, 0.25) is 0 Å². The Morgan fingerprint density at radius 3 is 2.65 bits per heavy atom. The van der Waals surface area contributed by atoms with Crippen LogP contribution >= 0.6 is 0 Å². The first-order valence-electron chi connectivity index (χ1n) is 11.8. The monoisotopic (exact) mass is 533 g/mol. The molecule has 8 nitrogen and oxygen atoms in total. The van der Waals surface area contributed by atoms with Crippen LogP contribution in [0.25, 0.3) is 16.6 Å². The molecule has 1 fully saturated rings. The highest BCUT2D eigenvalue weighted by molar-refractivity contribution is 7.93. The van der Waals surface area contributed by atoms with Crippen molar-refractivity contribution in [1.29, 1.82) is 0 Å². The van der Waals surface area contributed by atoms with Crippen LogP contribution in [-0.4, -0.2) is 49.5 Å². The van der Waals surface area contributed by atoms with E-state index in [9.17, 15) is 22.2 Å². The molecule has 37 heavy (non-hydrogen) atoms. The summed E-state index contributed by atoms with van der Waals surface area (Å²) in [6, 6.07) is 4.82. The Bertz CT molecular complexity index is 1580. The van der Waals surface area contributed by atoms with Gasteiger partial charge in [-0.1, -0.05) is 24.3 Å². The van der Waals surface area contributed by atoms with Crippen molar-refractivity contribution in [2.24, 2.45) is 11.4 Å². The highest BCUT2D eigenvalue weighted by atomic mass is 32.2. The van der Waals surface area contributed by atoms with Gasteiger partial charge in [0.25, 0.3) is 12.0 Å². The van der Waals surface area contributed by atoms with Crippen molar-refractivity contribution < 1.29 is 22.1 Å². The summed E-state index contributed by atoms with van der Waals surface area (Å²) in [7, 11) is -0.796. The molecular formula is C25H26F3N5O3S. The maximum atomic E-state index is 14.7. The number of fused-ring (bicyclic) bond motifs is 1. The van der Waals surface area contributed by atoms with Crippen LogP contribution in [0.15, 0.2) is 45.8 Å². The number of aromatic nitrogens is 3. The largest absolute Gasteiger partial charge is 0.377 e. The SMILES string of the molecule is C[C@@H](Nc1ncnc2c1cc(C1=CC[S@@](=O)(=NC3COC3)CC1)c(=O)n2C)c1cccc(C(F)F)c1F. The van der Waals surface area contributed by atoms with E-state index in [2.05, 4.69) is 19.6 Å². The second-order valence-electron chi connectivity index (χ2n) is 9.22. The Balaban J connectivity index is 1.51. The molecule has 1 N–H and O–H groups in total. The zero-order valence-electron chi connectivity index (χ0n) is 20.3. The van der Waals surface area contributed by atoms with E-state index >= 15 is 0 Å². The lowest BCUT2D eigenvalue weighted by molar-refractivity contribution is 0.0140. The summed E-state index contributed by atoms with van der Waals surface area (Å²) < 4.78 is 65.2. The average Bonchev–Trinajstić information content (AvgIpc) is 2.84. The molecule has 0 unspecified atom stereocenters. The number of ether oxygens (including phenoxy) is 1. The standard InChI is InChI=1S/C25H26F3N5O3S/c1-14(17-4-3-5-18(21(17)26)22(27)28)31-23-20-10-19(25(34)33(2)24(20)30-13-29-23)15-6-8-37(35,9-7-15)32-16-11-36-12-16/h3-6,10,13-14,16,22H,7-9,11-12H2,1-2H3,(H,29,30,31)/t14-,37+/m1/s1. The van der Waals surface area contributed by atoms with Gasteiger partial charge >= 0.3 is 0 Å². The van der Waals surface area contributed by atoms with Gasteiger partial charge < -0.3 is 10.1 Å². The van der Waals surface area contributed by atoms with Crippen LogP contribution in [0.1, 0.15) is 42.5 Å². The number of allylic oxidation sites excluding steroid dienone is 1. The molecule has 0 amide bonds. The van der Waals surface area contributed by atoms with Crippen molar-refractivity contribution in [2.45, 2.75) is 31.9 Å². The van der Waals surface area contributed by atoms with Crippen molar-refractivity contribution in [3.63, 3.8) is 0 Å². The Labute approximate surface area is 211 Å². The summed E-state index contributed by atoms with van der Waals surface area (Å²) in [4.78, 5) is 21.7. The lowest BCUT2D eigenvalue weighted by Gasteiger charge is -2.25. The number of hydrogen-bond donors (Lipinski definition) is 1. The molecule has 2 aliphatic heterocycles. The van der Waals surface area contributed by atoms with Crippen molar-refractivity contribution in [3.8, 4) is 0 Å². The van der Waals surface area contributed by atoms with E-state index in [0.29, 0.717) is 47.8 Å². The van der Waals surface area contributed by atoms with E-state index in [1.165, 1.54) is 23.0 Å². The number of benzene rings is 1. The predicted octanol–water partition coefficient (Wildman–Crippen LogP) is 4.23. The molecule has 0 saturated carbocycles. The molecule has 1 saturated heterocycles. The molecule has 5 rings (SSSR count). The van der Waals surface area contributed by atoms with Crippen molar-refractivity contribution in [2.75, 3.05) is 30.0 Å². The Morgan fingerprint density at radius 2 is 2.00 bits per heavy atom. The van der Waals surface area contributed by atoms with Crippen LogP contribution in [0.3, 0.4) is 0 Å². The van der Waals surface area contributed by atoms with Gasteiger partial charge in [0.15, 0.2) is 0 Å². The fourth-order valence-corrected chi connectivity index (χ4v) is 6.57. The average molecular weight is 534 g/mol. The van der Waals surface area contributed by atoms with E-state index in [1.807, 2.05) is 6.08 Å². The van der Waals surface area contributed by atoms with Crippen LogP contribution in [0.5, 0.6) is 0 Å². The topological polar surface area (TPSA) is 98.5 Å². The summed E-state index contributed by atoms with van der Waals surface area (Å²) in [5.74, 6) is -0.0353. The van der Waals surface area contributed by atoms with E-state index < -0.39 is 33.6 Å². The third kappa shape index (κ3) is 4.87. The van der Waals surface area contributed by atoms with E-state index in [4.69, 9.17) is 4.74 Å². The lowest BCUT2D eigenvalue weighted by Crippen LogP contribution is -2.34. The minimum atomic E-state index is -2.93. The maximum absolute atomic E-state index is 14.7. The van der Waals surface area contributed by atoms with Crippen LogP contribution < -0.4 is 10.9 Å². The Hall–Kier alpha value is -3.25. The van der Waals surface area contributed by atoms with E-state index in [1.54, 1.807) is 20.0 Å².